The molecule has 1 amide bonds. The van der Waals surface area contributed by atoms with Crippen molar-refractivity contribution in [1.82, 2.24) is 9.88 Å². The van der Waals surface area contributed by atoms with Crippen LogP contribution in [0.4, 0.5) is 0 Å². The Labute approximate surface area is 211 Å². The molecule has 5 heteroatoms. The number of rotatable bonds is 3. The van der Waals surface area contributed by atoms with Gasteiger partial charge in [-0.25, -0.2) is 0 Å². The van der Waals surface area contributed by atoms with E-state index in [0.29, 0.717) is 10.7 Å². The third-order valence-corrected chi connectivity index (χ3v) is 8.01. The van der Waals surface area contributed by atoms with Gasteiger partial charge in [0.1, 0.15) is 5.69 Å². The molecule has 33 heavy (non-hydrogen) atoms. The van der Waals surface area contributed by atoms with Gasteiger partial charge in [-0.05, 0) is 71.7 Å². The number of allylic oxidation sites excluding steroid dienone is 1. The molecule has 1 aromatic heterocycles. The maximum absolute atomic E-state index is 14.2. The number of aromatic amines is 1. The van der Waals surface area contributed by atoms with E-state index in [1.807, 2.05) is 24.3 Å². The van der Waals surface area contributed by atoms with E-state index in [2.05, 4.69) is 87.9 Å². The maximum atomic E-state index is 14.2. The highest BCUT2D eigenvalue weighted by molar-refractivity contribution is 14.1. The van der Waals surface area contributed by atoms with E-state index in [1.165, 1.54) is 5.56 Å². The van der Waals surface area contributed by atoms with Gasteiger partial charge in [-0.2, -0.15) is 0 Å². The highest BCUT2D eigenvalue weighted by Gasteiger charge is 2.43. The number of hydrogen-bond acceptors (Lipinski definition) is 1. The molecule has 0 bridgehead atoms. The van der Waals surface area contributed by atoms with Crippen LogP contribution in [0.25, 0.3) is 16.6 Å². The molecule has 1 N–H and O–H groups in total. The highest BCUT2D eigenvalue weighted by Crippen LogP contribution is 2.50. The van der Waals surface area contributed by atoms with Crippen LogP contribution in [0.15, 0.2) is 76.4 Å². The van der Waals surface area contributed by atoms with Gasteiger partial charge in [-0.1, -0.05) is 71.8 Å². The number of aromatic nitrogens is 1. The number of H-pyrrole nitrogens is 1. The summed E-state index contributed by atoms with van der Waals surface area (Å²) in [6.45, 7) is 2.09. The molecule has 1 atom stereocenters. The van der Waals surface area contributed by atoms with E-state index in [0.717, 1.165) is 49.7 Å². The summed E-state index contributed by atoms with van der Waals surface area (Å²) in [4.78, 5) is 19.7. The van der Waals surface area contributed by atoms with E-state index in [1.54, 1.807) is 0 Å². The van der Waals surface area contributed by atoms with Gasteiger partial charge >= 0.3 is 0 Å². The van der Waals surface area contributed by atoms with Gasteiger partial charge < -0.3 is 9.88 Å². The number of nitrogens with zero attached hydrogens (tertiary/aromatic N) is 1. The molecule has 3 aromatic carbocycles. The van der Waals surface area contributed by atoms with E-state index < -0.39 is 0 Å². The summed E-state index contributed by atoms with van der Waals surface area (Å²) in [5, 5.41) is 1.80. The van der Waals surface area contributed by atoms with Gasteiger partial charge in [-0.3, -0.25) is 4.79 Å². The van der Waals surface area contributed by atoms with E-state index in [-0.39, 0.29) is 17.9 Å². The van der Waals surface area contributed by atoms with Gasteiger partial charge in [0, 0.05) is 37.0 Å². The predicted molar refractivity (Wildman–Crippen MR) is 143 cm³/mol. The van der Waals surface area contributed by atoms with Crippen LogP contribution in [0.1, 0.15) is 51.5 Å². The number of hydrogen-bond donors (Lipinski definition) is 1. The second kappa shape index (κ2) is 8.03. The van der Waals surface area contributed by atoms with Crippen molar-refractivity contribution in [3.05, 3.63) is 109 Å². The molecule has 1 fully saturated rings. The number of carbonyl (C=O) groups is 1. The highest BCUT2D eigenvalue weighted by atomic mass is 127. The molecule has 6 rings (SSSR count). The number of amides is 1. The van der Waals surface area contributed by atoms with Crippen molar-refractivity contribution >= 4 is 56.7 Å². The zero-order chi connectivity index (χ0) is 22.7. The van der Waals surface area contributed by atoms with Crippen molar-refractivity contribution in [3.8, 4) is 0 Å². The van der Waals surface area contributed by atoms with Gasteiger partial charge in [0.2, 0.25) is 0 Å². The Morgan fingerprint density at radius 2 is 1.67 bits per heavy atom. The molecule has 1 saturated carbocycles. The lowest BCUT2D eigenvalue weighted by Gasteiger charge is -2.26. The number of para-hydroxylation sites is 1. The molecule has 1 aliphatic heterocycles. The molecule has 0 spiro atoms. The molecule has 1 aliphatic carbocycles. The summed E-state index contributed by atoms with van der Waals surface area (Å²) in [6, 6.07) is 25.0. The Kier molecular flexibility index (Phi) is 5.11. The van der Waals surface area contributed by atoms with Gasteiger partial charge in [0.15, 0.2) is 0 Å². The molecule has 164 valence electrons. The van der Waals surface area contributed by atoms with E-state index >= 15 is 0 Å². The average molecular weight is 565 g/mol. The molecule has 0 saturated heterocycles. The Hall–Kier alpha value is -2.57. The summed E-state index contributed by atoms with van der Waals surface area (Å²) >= 11 is 8.73. The van der Waals surface area contributed by atoms with Crippen LogP contribution in [0, 0.1) is 6.92 Å². The van der Waals surface area contributed by atoms with E-state index in [4.69, 9.17) is 11.6 Å². The zero-order valence-electron chi connectivity index (χ0n) is 18.1. The first-order valence-electron chi connectivity index (χ1n) is 11.2. The van der Waals surface area contributed by atoms with Crippen LogP contribution in [0.5, 0.6) is 0 Å². The fourth-order valence-electron chi connectivity index (χ4n) is 4.87. The normalized spacial score (nSPS) is 18.6. The monoisotopic (exact) mass is 564 g/mol. The van der Waals surface area contributed by atoms with Crippen LogP contribution in [-0.4, -0.2) is 21.8 Å². The third kappa shape index (κ3) is 3.51. The first-order chi connectivity index (χ1) is 16.0. The van der Waals surface area contributed by atoms with Crippen molar-refractivity contribution in [2.24, 2.45) is 0 Å². The number of carbonyl (C=O) groups excluding carboxylic acids is 1. The first kappa shape index (κ1) is 21.0. The van der Waals surface area contributed by atoms with Crippen LogP contribution in [-0.2, 0) is 0 Å². The van der Waals surface area contributed by atoms with Crippen molar-refractivity contribution in [1.29, 1.82) is 0 Å². The molecule has 2 heterocycles. The molecule has 1 unspecified atom stereocenters. The van der Waals surface area contributed by atoms with Crippen molar-refractivity contribution < 1.29 is 4.79 Å². The van der Waals surface area contributed by atoms with Crippen molar-refractivity contribution in [2.45, 2.75) is 31.7 Å². The van der Waals surface area contributed by atoms with Crippen LogP contribution in [0.2, 0.25) is 5.02 Å². The SMILES string of the molecule is Cc1ccc(C2=C(I)C(c3ccc(Cl)cc3)c3c([nH]c4ccccc34)C(=O)N2C2CC2)cc1. The largest absolute Gasteiger partial charge is 0.350 e. The van der Waals surface area contributed by atoms with Crippen molar-refractivity contribution in [3.63, 3.8) is 0 Å². The third-order valence-electron chi connectivity index (χ3n) is 6.63. The Bertz CT molecular complexity index is 1410. The number of nitrogens with one attached hydrogen (secondary N) is 1. The molecule has 0 radical (unpaired) electrons. The summed E-state index contributed by atoms with van der Waals surface area (Å²) < 4.78 is 1.16. The fourth-order valence-corrected chi connectivity index (χ4v) is 6.24. The Morgan fingerprint density at radius 1 is 0.970 bits per heavy atom. The standard InChI is InChI=1S/C28H22ClIN2O/c1-16-6-8-18(9-7-16)27-25(30)23(17-10-12-19(29)13-11-17)24-21-4-2-3-5-22(21)31-26(24)28(33)32(27)20-14-15-20/h2-13,20,23,31H,14-15H2,1H3. The average Bonchev–Trinajstić information content (AvgIpc) is 3.60. The second-order valence-corrected chi connectivity index (χ2v) is 10.5. The molecule has 4 aromatic rings. The minimum absolute atomic E-state index is 0.0601. The number of aryl methyl sites for hydroxylation is 1. The lowest BCUT2D eigenvalue weighted by molar-refractivity contribution is 0.0823. The maximum Gasteiger partial charge on any atom is 0.275 e. The summed E-state index contributed by atoms with van der Waals surface area (Å²) in [5.74, 6) is -0.0112. The molecular formula is C28H22ClIN2O. The quantitative estimate of drug-likeness (QED) is 0.255. The lowest BCUT2D eigenvalue weighted by Crippen LogP contribution is -2.31. The van der Waals surface area contributed by atoms with E-state index in [9.17, 15) is 4.79 Å². The summed E-state index contributed by atoms with van der Waals surface area (Å²) in [5.41, 5.74) is 7.18. The van der Waals surface area contributed by atoms with Gasteiger partial charge in [0.25, 0.3) is 5.91 Å². The molecule has 2 aliphatic rings. The topological polar surface area (TPSA) is 36.1 Å². The van der Waals surface area contributed by atoms with Gasteiger partial charge in [0.05, 0.1) is 5.70 Å². The van der Waals surface area contributed by atoms with Crippen LogP contribution in [0.3, 0.4) is 0 Å². The van der Waals surface area contributed by atoms with Crippen LogP contribution < -0.4 is 0 Å². The fraction of sp³-hybridized carbons (Fsp3) is 0.179. The van der Waals surface area contributed by atoms with Crippen molar-refractivity contribution in [2.75, 3.05) is 0 Å². The summed E-state index contributed by atoms with van der Waals surface area (Å²) in [6.07, 6.45) is 2.07. The number of fused-ring (bicyclic) bond motifs is 3. The predicted octanol–water partition coefficient (Wildman–Crippen LogP) is 7.68. The van der Waals surface area contributed by atoms with Gasteiger partial charge in [-0.15, -0.1) is 0 Å². The second-order valence-electron chi connectivity index (χ2n) is 8.91. The smallest absolute Gasteiger partial charge is 0.275 e. The number of benzene rings is 3. The first-order valence-corrected chi connectivity index (χ1v) is 12.6. The zero-order valence-corrected chi connectivity index (χ0v) is 21.0. The Morgan fingerprint density at radius 3 is 2.36 bits per heavy atom. The molecule has 3 nitrogen and oxygen atoms in total. The minimum Gasteiger partial charge on any atom is -0.350 e. The minimum atomic E-state index is -0.0713. The Balaban J connectivity index is 1.70. The number of halogens is 2. The lowest BCUT2D eigenvalue weighted by atomic mass is 9.88. The summed E-state index contributed by atoms with van der Waals surface area (Å²) in [7, 11) is 0. The molecular weight excluding hydrogens is 543 g/mol. The van der Waals surface area contributed by atoms with Crippen LogP contribution >= 0.6 is 34.2 Å².